The van der Waals surface area contributed by atoms with Crippen LogP contribution in [0.5, 0.6) is 11.5 Å². The van der Waals surface area contributed by atoms with Gasteiger partial charge >= 0.3 is 5.97 Å². The van der Waals surface area contributed by atoms with E-state index in [1.807, 2.05) is 0 Å². The summed E-state index contributed by atoms with van der Waals surface area (Å²) in [5.41, 5.74) is 0.883. The third kappa shape index (κ3) is 3.66. The van der Waals surface area contributed by atoms with Crippen molar-refractivity contribution in [2.75, 3.05) is 0 Å². The summed E-state index contributed by atoms with van der Waals surface area (Å²) in [6.45, 7) is 1.70. The van der Waals surface area contributed by atoms with Gasteiger partial charge < -0.3 is 9.84 Å². The van der Waals surface area contributed by atoms with E-state index in [9.17, 15) is 13.6 Å². The van der Waals surface area contributed by atoms with Gasteiger partial charge in [0, 0.05) is 17.7 Å². The standard InChI is InChI=1S/C16H12F2O3/c1-10-5-7-12(17)9-14(10)21-16-11(6-8-15(19)20)3-2-4-13(16)18/h2-9H,1H3,(H,19,20)/b8-6+. The van der Waals surface area contributed by atoms with E-state index in [1.54, 1.807) is 6.92 Å². The molecular formula is C16H12F2O3. The van der Waals surface area contributed by atoms with E-state index in [-0.39, 0.29) is 17.1 Å². The van der Waals surface area contributed by atoms with Crippen molar-refractivity contribution in [3.8, 4) is 11.5 Å². The second kappa shape index (κ2) is 6.17. The zero-order chi connectivity index (χ0) is 15.4. The summed E-state index contributed by atoms with van der Waals surface area (Å²) in [5.74, 6) is -2.30. The lowest BCUT2D eigenvalue weighted by atomic mass is 10.1. The van der Waals surface area contributed by atoms with Gasteiger partial charge in [-0.2, -0.15) is 0 Å². The van der Waals surface area contributed by atoms with Gasteiger partial charge in [0.25, 0.3) is 0 Å². The number of carboxylic acids is 1. The van der Waals surface area contributed by atoms with Crippen LogP contribution < -0.4 is 4.74 Å². The number of hydrogen-bond donors (Lipinski definition) is 1. The van der Waals surface area contributed by atoms with Crippen LogP contribution >= 0.6 is 0 Å². The van der Waals surface area contributed by atoms with E-state index in [0.717, 1.165) is 12.1 Å². The number of rotatable bonds is 4. The molecule has 2 aromatic rings. The molecule has 0 heterocycles. The number of halogens is 2. The second-order valence-corrected chi connectivity index (χ2v) is 4.34. The van der Waals surface area contributed by atoms with E-state index in [1.165, 1.54) is 36.4 Å². The molecule has 0 spiro atoms. The fraction of sp³-hybridized carbons (Fsp3) is 0.0625. The molecule has 5 heteroatoms. The van der Waals surface area contributed by atoms with Gasteiger partial charge in [-0.25, -0.2) is 13.6 Å². The summed E-state index contributed by atoms with van der Waals surface area (Å²) in [7, 11) is 0. The highest BCUT2D eigenvalue weighted by Gasteiger charge is 2.11. The Morgan fingerprint density at radius 3 is 2.71 bits per heavy atom. The third-order valence-corrected chi connectivity index (χ3v) is 2.77. The Kier molecular flexibility index (Phi) is 4.33. The van der Waals surface area contributed by atoms with Gasteiger partial charge in [0.1, 0.15) is 11.6 Å². The number of benzene rings is 2. The summed E-state index contributed by atoms with van der Waals surface area (Å²) < 4.78 is 32.6. The molecule has 0 aliphatic carbocycles. The van der Waals surface area contributed by atoms with Crippen LogP contribution in [0.1, 0.15) is 11.1 Å². The van der Waals surface area contributed by atoms with E-state index in [2.05, 4.69) is 0 Å². The monoisotopic (exact) mass is 290 g/mol. The highest BCUT2D eigenvalue weighted by atomic mass is 19.1. The average Bonchev–Trinajstić information content (AvgIpc) is 2.43. The first-order chi connectivity index (χ1) is 9.97. The smallest absolute Gasteiger partial charge is 0.328 e. The molecule has 0 fully saturated rings. The Balaban J connectivity index is 2.43. The van der Waals surface area contributed by atoms with Crippen LogP contribution in [-0.2, 0) is 4.79 Å². The molecular weight excluding hydrogens is 278 g/mol. The fourth-order valence-electron chi connectivity index (χ4n) is 1.72. The number of carboxylic acid groups (broad SMARTS) is 1. The zero-order valence-electron chi connectivity index (χ0n) is 11.1. The molecule has 0 atom stereocenters. The highest BCUT2D eigenvalue weighted by Crippen LogP contribution is 2.31. The van der Waals surface area contributed by atoms with Gasteiger partial charge in [-0.05, 0) is 30.7 Å². The summed E-state index contributed by atoms with van der Waals surface area (Å²) in [6.07, 6.45) is 2.09. The molecule has 0 aliphatic rings. The summed E-state index contributed by atoms with van der Waals surface area (Å²) >= 11 is 0. The van der Waals surface area contributed by atoms with Crippen LogP contribution in [0.25, 0.3) is 6.08 Å². The van der Waals surface area contributed by atoms with Crippen LogP contribution in [0, 0.1) is 18.6 Å². The lowest BCUT2D eigenvalue weighted by molar-refractivity contribution is -0.131. The van der Waals surface area contributed by atoms with E-state index < -0.39 is 17.6 Å². The van der Waals surface area contributed by atoms with Crippen molar-refractivity contribution in [1.82, 2.24) is 0 Å². The SMILES string of the molecule is Cc1ccc(F)cc1Oc1c(F)cccc1/C=C/C(=O)O. The normalized spacial score (nSPS) is 10.8. The molecule has 0 saturated heterocycles. The molecule has 0 saturated carbocycles. The van der Waals surface area contributed by atoms with Crippen molar-refractivity contribution in [1.29, 1.82) is 0 Å². The molecule has 0 unspecified atom stereocenters. The maximum absolute atomic E-state index is 13.9. The molecule has 1 N–H and O–H groups in total. The van der Waals surface area contributed by atoms with Crippen LogP contribution in [-0.4, -0.2) is 11.1 Å². The number of hydrogen-bond acceptors (Lipinski definition) is 2. The Morgan fingerprint density at radius 2 is 2.00 bits per heavy atom. The van der Waals surface area contributed by atoms with Crippen LogP contribution in [0.4, 0.5) is 8.78 Å². The van der Waals surface area contributed by atoms with Crippen molar-refractivity contribution < 1.29 is 23.4 Å². The minimum Gasteiger partial charge on any atom is -0.478 e. The van der Waals surface area contributed by atoms with Gasteiger partial charge in [-0.15, -0.1) is 0 Å². The summed E-state index contributed by atoms with van der Waals surface area (Å²) in [5, 5.41) is 8.63. The minimum absolute atomic E-state index is 0.149. The largest absolute Gasteiger partial charge is 0.478 e. The number of para-hydroxylation sites is 1. The van der Waals surface area contributed by atoms with Gasteiger partial charge in [0.2, 0.25) is 0 Å². The predicted molar refractivity (Wildman–Crippen MR) is 74.3 cm³/mol. The molecule has 2 aromatic carbocycles. The molecule has 0 aliphatic heterocycles. The van der Waals surface area contributed by atoms with Crippen LogP contribution in [0.3, 0.4) is 0 Å². The van der Waals surface area contributed by atoms with Gasteiger partial charge in [-0.1, -0.05) is 18.2 Å². The first-order valence-electron chi connectivity index (χ1n) is 6.11. The quantitative estimate of drug-likeness (QED) is 0.860. The predicted octanol–water partition coefficient (Wildman–Crippen LogP) is 4.16. The number of ether oxygens (including phenoxy) is 1. The molecule has 3 nitrogen and oxygen atoms in total. The first kappa shape index (κ1) is 14.7. The summed E-state index contributed by atoms with van der Waals surface area (Å²) in [6, 6.07) is 8.05. The Labute approximate surface area is 120 Å². The molecule has 0 bridgehead atoms. The first-order valence-corrected chi connectivity index (χ1v) is 6.11. The van der Waals surface area contributed by atoms with E-state index in [0.29, 0.717) is 5.56 Å². The van der Waals surface area contributed by atoms with Crippen molar-refractivity contribution in [3.63, 3.8) is 0 Å². The van der Waals surface area contributed by atoms with Gasteiger partial charge in [-0.3, -0.25) is 0 Å². The number of carbonyl (C=O) groups is 1. The van der Waals surface area contributed by atoms with E-state index in [4.69, 9.17) is 9.84 Å². The Morgan fingerprint density at radius 1 is 1.24 bits per heavy atom. The zero-order valence-corrected chi connectivity index (χ0v) is 11.1. The van der Waals surface area contributed by atoms with Gasteiger partial charge in [0.15, 0.2) is 11.6 Å². The molecule has 0 aromatic heterocycles. The lowest BCUT2D eigenvalue weighted by Crippen LogP contribution is -1.95. The summed E-state index contributed by atoms with van der Waals surface area (Å²) in [4.78, 5) is 10.6. The third-order valence-electron chi connectivity index (χ3n) is 2.77. The number of aliphatic carboxylic acids is 1. The van der Waals surface area contributed by atoms with Crippen LogP contribution in [0.2, 0.25) is 0 Å². The maximum Gasteiger partial charge on any atom is 0.328 e. The molecule has 0 radical (unpaired) electrons. The minimum atomic E-state index is -1.16. The van der Waals surface area contributed by atoms with Crippen LogP contribution in [0.15, 0.2) is 42.5 Å². The lowest BCUT2D eigenvalue weighted by Gasteiger charge is -2.12. The molecule has 2 rings (SSSR count). The molecule has 21 heavy (non-hydrogen) atoms. The van der Waals surface area contributed by atoms with Gasteiger partial charge in [0.05, 0.1) is 0 Å². The Bertz CT molecular complexity index is 709. The second-order valence-electron chi connectivity index (χ2n) is 4.34. The highest BCUT2D eigenvalue weighted by molar-refractivity contribution is 5.86. The molecule has 0 amide bonds. The number of aryl methyl sites for hydroxylation is 1. The average molecular weight is 290 g/mol. The van der Waals surface area contributed by atoms with E-state index >= 15 is 0 Å². The maximum atomic E-state index is 13.9. The van der Waals surface area contributed by atoms with Crippen molar-refractivity contribution in [2.45, 2.75) is 6.92 Å². The van der Waals surface area contributed by atoms with Crippen molar-refractivity contribution in [3.05, 3.63) is 65.2 Å². The molecule has 108 valence electrons. The Hall–Kier alpha value is -2.69. The van der Waals surface area contributed by atoms with Crippen molar-refractivity contribution in [2.24, 2.45) is 0 Å². The van der Waals surface area contributed by atoms with Crippen molar-refractivity contribution >= 4 is 12.0 Å². The topological polar surface area (TPSA) is 46.5 Å². The fourth-order valence-corrected chi connectivity index (χ4v) is 1.72.